The van der Waals surface area contributed by atoms with Crippen molar-refractivity contribution in [3.63, 3.8) is 0 Å². The van der Waals surface area contributed by atoms with Gasteiger partial charge in [0.05, 0.1) is 22.3 Å². The second kappa shape index (κ2) is 11.3. The van der Waals surface area contributed by atoms with E-state index in [2.05, 4.69) is 21.2 Å². The second-order valence-corrected chi connectivity index (χ2v) is 8.85. The molecule has 1 fully saturated rings. The Kier molecular flexibility index (Phi) is 7.87. The highest BCUT2D eigenvalue weighted by Crippen LogP contribution is 2.38. The average molecular weight is 583 g/mol. The lowest BCUT2D eigenvalue weighted by Crippen LogP contribution is -2.54. The van der Waals surface area contributed by atoms with Crippen LogP contribution in [-0.2, 0) is 16.2 Å². The number of carboxylic acids is 1. The molecule has 4 rings (SSSR count). The quantitative estimate of drug-likeness (QED) is 0.285. The van der Waals surface area contributed by atoms with Crippen LogP contribution in [0.4, 0.5) is 14.9 Å². The monoisotopic (exact) mass is 582 g/mol. The molecule has 1 heterocycles. The van der Waals surface area contributed by atoms with Gasteiger partial charge in [-0.3, -0.25) is 14.9 Å². The molecule has 0 aliphatic carbocycles. The fourth-order valence-corrected chi connectivity index (χ4v) is 4.25. The molecule has 1 aliphatic heterocycles. The van der Waals surface area contributed by atoms with Crippen molar-refractivity contribution in [2.45, 2.75) is 13.5 Å². The van der Waals surface area contributed by atoms with Crippen molar-refractivity contribution in [2.75, 3.05) is 11.5 Å². The standard InChI is InChI=1S/C27H20BrFN2O7/c1-2-37-22-13-16(12-21(28)23(22)38-14-15-4-3-5-17(10-15)26(34)35)11-20-24(32)30-27(36)31(25(20)33)19-8-6-18(29)7-9-19/h3-13H,2,14H2,1H3,(H,34,35)(H,30,32,36)/b20-11+. The first kappa shape index (κ1) is 26.6. The van der Waals surface area contributed by atoms with Crippen LogP contribution in [0.25, 0.3) is 6.08 Å². The minimum Gasteiger partial charge on any atom is -0.490 e. The molecule has 0 atom stereocenters. The molecule has 0 unspecified atom stereocenters. The summed E-state index contributed by atoms with van der Waals surface area (Å²) >= 11 is 3.43. The van der Waals surface area contributed by atoms with Crippen molar-refractivity contribution in [2.24, 2.45) is 0 Å². The number of rotatable bonds is 8. The number of carbonyl (C=O) groups excluding carboxylic acids is 3. The highest BCUT2D eigenvalue weighted by molar-refractivity contribution is 9.10. The van der Waals surface area contributed by atoms with Gasteiger partial charge < -0.3 is 14.6 Å². The Balaban J connectivity index is 1.64. The highest BCUT2D eigenvalue weighted by Gasteiger charge is 2.37. The number of aromatic carboxylic acids is 1. The van der Waals surface area contributed by atoms with Crippen LogP contribution in [0.1, 0.15) is 28.4 Å². The number of amides is 4. The first-order chi connectivity index (χ1) is 18.2. The molecular formula is C27H20BrFN2O7. The van der Waals surface area contributed by atoms with Gasteiger partial charge >= 0.3 is 12.0 Å². The summed E-state index contributed by atoms with van der Waals surface area (Å²) in [6.07, 6.45) is 1.30. The molecule has 0 bridgehead atoms. The number of benzene rings is 3. The van der Waals surface area contributed by atoms with E-state index >= 15 is 0 Å². The molecule has 0 aromatic heterocycles. The number of hydrogen-bond donors (Lipinski definition) is 2. The largest absolute Gasteiger partial charge is 0.490 e. The Morgan fingerprint density at radius 1 is 1.08 bits per heavy atom. The number of carboxylic acid groups (broad SMARTS) is 1. The number of imide groups is 2. The summed E-state index contributed by atoms with van der Waals surface area (Å²) in [5.74, 6) is -2.73. The van der Waals surface area contributed by atoms with Crippen molar-refractivity contribution in [1.29, 1.82) is 0 Å². The smallest absolute Gasteiger partial charge is 0.335 e. The van der Waals surface area contributed by atoms with E-state index in [4.69, 9.17) is 9.47 Å². The zero-order valence-electron chi connectivity index (χ0n) is 19.9. The predicted molar refractivity (Wildman–Crippen MR) is 138 cm³/mol. The van der Waals surface area contributed by atoms with E-state index < -0.39 is 29.6 Å². The van der Waals surface area contributed by atoms with Crippen molar-refractivity contribution >= 4 is 51.5 Å². The van der Waals surface area contributed by atoms with Gasteiger partial charge in [0, 0.05) is 0 Å². The van der Waals surface area contributed by atoms with Gasteiger partial charge in [0.1, 0.15) is 18.0 Å². The Bertz CT molecular complexity index is 1470. The molecule has 3 aromatic rings. The van der Waals surface area contributed by atoms with Crippen LogP contribution in [0.15, 0.2) is 70.7 Å². The molecule has 3 aromatic carbocycles. The fraction of sp³-hybridized carbons (Fsp3) is 0.111. The van der Waals surface area contributed by atoms with Crippen LogP contribution in [0, 0.1) is 5.82 Å². The van der Waals surface area contributed by atoms with Gasteiger partial charge in [0.15, 0.2) is 11.5 Å². The number of nitrogens with zero attached hydrogens (tertiary/aromatic N) is 1. The number of urea groups is 1. The van der Waals surface area contributed by atoms with Gasteiger partial charge in [-0.05, 0) is 88.6 Å². The van der Waals surface area contributed by atoms with Gasteiger partial charge in [0.25, 0.3) is 11.8 Å². The number of anilines is 1. The molecule has 1 saturated heterocycles. The lowest BCUT2D eigenvalue weighted by Gasteiger charge is -2.26. The maximum absolute atomic E-state index is 13.3. The maximum atomic E-state index is 13.3. The Labute approximate surface area is 224 Å². The lowest BCUT2D eigenvalue weighted by atomic mass is 10.1. The highest BCUT2D eigenvalue weighted by atomic mass is 79.9. The molecule has 0 radical (unpaired) electrons. The van der Waals surface area contributed by atoms with E-state index in [0.717, 1.165) is 17.0 Å². The molecular weight excluding hydrogens is 563 g/mol. The normalized spacial score (nSPS) is 14.4. The van der Waals surface area contributed by atoms with Gasteiger partial charge in [0.2, 0.25) is 0 Å². The molecule has 1 aliphatic rings. The summed E-state index contributed by atoms with van der Waals surface area (Å²) in [6.45, 7) is 2.10. The number of barbiturate groups is 1. The molecule has 38 heavy (non-hydrogen) atoms. The van der Waals surface area contributed by atoms with Gasteiger partial charge in [-0.15, -0.1) is 0 Å². The van der Waals surface area contributed by atoms with Crippen LogP contribution < -0.4 is 19.7 Å². The maximum Gasteiger partial charge on any atom is 0.335 e. The van der Waals surface area contributed by atoms with Gasteiger partial charge in [-0.25, -0.2) is 18.9 Å². The van der Waals surface area contributed by atoms with E-state index in [9.17, 15) is 28.7 Å². The lowest BCUT2D eigenvalue weighted by molar-refractivity contribution is -0.122. The summed E-state index contributed by atoms with van der Waals surface area (Å²) in [5.41, 5.74) is 0.926. The van der Waals surface area contributed by atoms with Crippen molar-refractivity contribution < 1.29 is 38.1 Å². The molecule has 2 N–H and O–H groups in total. The fourth-order valence-electron chi connectivity index (χ4n) is 3.67. The summed E-state index contributed by atoms with van der Waals surface area (Å²) < 4.78 is 25.4. The Morgan fingerprint density at radius 2 is 1.82 bits per heavy atom. The predicted octanol–water partition coefficient (Wildman–Crippen LogP) is 4.93. The van der Waals surface area contributed by atoms with Crippen LogP contribution in [-0.4, -0.2) is 35.5 Å². The van der Waals surface area contributed by atoms with E-state index in [-0.39, 0.29) is 30.0 Å². The van der Waals surface area contributed by atoms with Gasteiger partial charge in [-0.1, -0.05) is 12.1 Å². The van der Waals surface area contributed by atoms with Gasteiger partial charge in [-0.2, -0.15) is 0 Å². The van der Waals surface area contributed by atoms with Crippen LogP contribution in [0.3, 0.4) is 0 Å². The number of carbonyl (C=O) groups is 4. The van der Waals surface area contributed by atoms with E-state index in [0.29, 0.717) is 27.1 Å². The van der Waals surface area contributed by atoms with E-state index in [1.165, 1.54) is 30.3 Å². The van der Waals surface area contributed by atoms with E-state index in [1.807, 2.05) is 0 Å². The third-order valence-electron chi connectivity index (χ3n) is 5.39. The van der Waals surface area contributed by atoms with E-state index in [1.54, 1.807) is 31.2 Å². The molecule has 11 heteroatoms. The first-order valence-corrected chi connectivity index (χ1v) is 12.1. The minimum absolute atomic E-state index is 0.0515. The summed E-state index contributed by atoms with van der Waals surface area (Å²) in [4.78, 5) is 50.0. The summed E-state index contributed by atoms with van der Waals surface area (Å²) in [6, 6.07) is 13.2. The zero-order chi connectivity index (χ0) is 27.4. The van der Waals surface area contributed by atoms with Crippen molar-refractivity contribution in [1.82, 2.24) is 5.32 Å². The Hall–Kier alpha value is -4.51. The average Bonchev–Trinajstić information content (AvgIpc) is 2.87. The molecule has 194 valence electrons. The van der Waals surface area contributed by atoms with Crippen molar-refractivity contribution in [3.8, 4) is 11.5 Å². The topological polar surface area (TPSA) is 122 Å². The first-order valence-electron chi connectivity index (χ1n) is 11.3. The second-order valence-electron chi connectivity index (χ2n) is 7.99. The Morgan fingerprint density at radius 3 is 2.50 bits per heavy atom. The number of hydrogen-bond acceptors (Lipinski definition) is 6. The van der Waals surface area contributed by atoms with Crippen LogP contribution in [0.5, 0.6) is 11.5 Å². The molecule has 0 saturated carbocycles. The van der Waals surface area contributed by atoms with Crippen LogP contribution in [0.2, 0.25) is 0 Å². The zero-order valence-corrected chi connectivity index (χ0v) is 21.5. The third-order valence-corrected chi connectivity index (χ3v) is 5.98. The molecule has 4 amide bonds. The number of nitrogens with one attached hydrogen (secondary N) is 1. The SMILES string of the molecule is CCOc1cc(/C=C2\C(=O)NC(=O)N(c3ccc(F)cc3)C2=O)cc(Br)c1OCc1cccc(C(=O)O)c1. The van der Waals surface area contributed by atoms with Crippen molar-refractivity contribution in [3.05, 3.63) is 93.2 Å². The van der Waals surface area contributed by atoms with Crippen LogP contribution >= 0.6 is 15.9 Å². The minimum atomic E-state index is -1.05. The third kappa shape index (κ3) is 5.73. The summed E-state index contributed by atoms with van der Waals surface area (Å²) in [7, 11) is 0. The number of ether oxygens (including phenoxy) is 2. The summed E-state index contributed by atoms with van der Waals surface area (Å²) in [5, 5.41) is 11.3. The number of halogens is 2. The molecule has 0 spiro atoms. The molecule has 9 nitrogen and oxygen atoms in total.